The molecule has 8 heteroatoms. The minimum absolute atomic E-state index is 0.348. The summed E-state index contributed by atoms with van der Waals surface area (Å²) >= 11 is 0. The summed E-state index contributed by atoms with van der Waals surface area (Å²) in [6.45, 7) is 5.68. The number of hydrogen-bond donors (Lipinski definition) is 0. The molecule has 0 atom stereocenters. The fourth-order valence-electron chi connectivity index (χ4n) is 1.24. The van der Waals surface area contributed by atoms with Crippen molar-refractivity contribution in [2.24, 2.45) is 0 Å². The summed E-state index contributed by atoms with van der Waals surface area (Å²) in [6, 6.07) is 0. The van der Waals surface area contributed by atoms with Gasteiger partial charge in [-0.1, -0.05) is 0 Å². The van der Waals surface area contributed by atoms with Gasteiger partial charge in [-0.3, -0.25) is 0 Å². The van der Waals surface area contributed by atoms with Gasteiger partial charge in [0.2, 0.25) is 0 Å². The first-order chi connectivity index (χ1) is 9.24. The molecular formula is C11H26O7Si. The zero-order chi connectivity index (χ0) is 14.4. The Labute approximate surface area is 116 Å². The van der Waals surface area contributed by atoms with Gasteiger partial charge in [-0.2, -0.15) is 0 Å². The van der Waals surface area contributed by atoms with Gasteiger partial charge in [0, 0.05) is 27.9 Å². The van der Waals surface area contributed by atoms with Gasteiger partial charge in [-0.25, -0.2) is 0 Å². The Morgan fingerprint density at radius 1 is 0.632 bits per heavy atom. The maximum absolute atomic E-state index is 5.42. The molecule has 0 aliphatic carbocycles. The van der Waals surface area contributed by atoms with Gasteiger partial charge in [0.05, 0.1) is 39.6 Å². The van der Waals surface area contributed by atoms with Crippen molar-refractivity contribution in [3.8, 4) is 0 Å². The van der Waals surface area contributed by atoms with E-state index in [0.717, 1.165) is 0 Å². The summed E-state index contributed by atoms with van der Waals surface area (Å²) in [7, 11) is 1.54. The van der Waals surface area contributed by atoms with Crippen molar-refractivity contribution >= 4 is 9.05 Å². The van der Waals surface area contributed by atoms with Crippen LogP contribution in [-0.2, 0) is 31.9 Å². The molecule has 0 rings (SSSR count). The van der Waals surface area contributed by atoms with Crippen LogP contribution in [0.4, 0.5) is 0 Å². The Hall–Kier alpha value is -0.0631. The molecule has 0 aromatic heterocycles. The van der Waals surface area contributed by atoms with Crippen molar-refractivity contribution in [3.63, 3.8) is 0 Å². The van der Waals surface area contributed by atoms with E-state index in [1.165, 1.54) is 21.3 Å². The van der Waals surface area contributed by atoms with Gasteiger partial charge >= 0.3 is 9.05 Å². The van der Waals surface area contributed by atoms with E-state index in [1.54, 1.807) is 0 Å². The van der Waals surface area contributed by atoms with Crippen molar-refractivity contribution in [1.29, 1.82) is 0 Å². The molecule has 0 bridgehead atoms. The lowest BCUT2D eigenvalue weighted by molar-refractivity contribution is -0.0227. The monoisotopic (exact) mass is 298 g/mol. The summed E-state index contributed by atoms with van der Waals surface area (Å²) in [5, 5.41) is 0. The third-order valence-corrected chi connectivity index (χ3v) is 4.26. The van der Waals surface area contributed by atoms with Gasteiger partial charge in [0.1, 0.15) is 0 Å². The van der Waals surface area contributed by atoms with Crippen molar-refractivity contribution in [1.82, 2.24) is 0 Å². The molecule has 0 N–H and O–H groups in total. The third-order valence-electron chi connectivity index (χ3n) is 2.20. The van der Waals surface area contributed by atoms with Gasteiger partial charge in [-0.05, 0) is 6.92 Å². The zero-order valence-corrected chi connectivity index (χ0v) is 13.3. The van der Waals surface area contributed by atoms with E-state index in [4.69, 9.17) is 31.9 Å². The maximum atomic E-state index is 5.42. The second-order valence-corrected chi connectivity index (χ2v) is 5.90. The van der Waals surface area contributed by atoms with Crippen LogP contribution < -0.4 is 0 Å². The standard InChI is InChI=1S/C11H26O7Si/c1-5-15-6-7-16-8-9-17-10-11-18-19(12-2,13-3)14-4/h5-11H2,1-4H3. The van der Waals surface area contributed by atoms with E-state index in [0.29, 0.717) is 46.2 Å². The normalized spacial score (nSPS) is 12.0. The molecule has 0 unspecified atom stereocenters. The van der Waals surface area contributed by atoms with Crippen LogP contribution in [0.5, 0.6) is 0 Å². The second kappa shape index (κ2) is 12.9. The van der Waals surface area contributed by atoms with Crippen LogP contribution >= 0.6 is 0 Å². The minimum atomic E-state index is -2.94. The lowest BCUT2D eigenvalue weighted by Crippen LogP contribution is -2.47. The average molecular weight is 298 g/mol. The van der Waals surface area contributed by atoms with E-state index >= 15 is 0 Å². The summed E-state index contributed by atoms with van der Waals surface area (Å²) in [6.07, 6.45) is 0. The molecule has 0 amide bonds. The van der Waals surface area contributed by atoms with E-state index in [1.807, 2.05) is 6.92 Å². The fourth-order valence-corrected chi connectivity index (χ4v) is 2.42. The molecule has 0 aliphatic rings. The van der Waals surface area contributed by atoms with Crippen LogP contribution in [0, 0.1) is 0 Å². The van der Waals surface area contributed by atoms with Gasteiger partial charge in [0.15, 0.2) is 0 Å². The molecule has 0 fully saturated rings. The predicted octanol–water partition coefficient (Wildman–Crippen LogP) is 0.448. The van der Waals surface area contributed by atoms with Crippen molar-refractivity contribution in [2.45, 2.75) is 6.92 Å². The molecule has 116 valence electrons. The van der Waals surface area contributed by atoms with Gasteiger partial charge in [-0.15, -0.1) is 0 Å². The van der Waals surface area contributed by atoms with Crippen LogP contribution in [-0.4, -0.2) is 76.6 Å². The Morgan fingerprint density at radius 2 is 1.05 bits per heavy atom. The molecule has 0 radical (unpaired) electrons. The lowest BCUT2D eigenvalue weighted by Gasteiger charge is -2.22. The van der Waals surface area contributed by atoms with Crippen LogP contribution in [0.25, 0.3) is 0 Å². The SMILES string of the molecule is CCOCCOCCOCCO[Si](OC)(OC)OC. The van der Waals surface area contributed by atoms with Gasteiger partial charge < -0.3 is 31.9 Å². The first-order valence-corrected chi connectivity index (χ1v) is 7.90. The number of rotatable bonds is 14. The highest BCUT2D eigenvalue weighted by molar-refractivity contribution is 6.53. The Bertz CT molecular complexity index is 182. The van der Waals surface area contributed by atoms with Crippen LogP contribution in [0.3, 0.4) is 0 Å². The smallest absolute Gasteiger partial charge is 0.379 e. The van der Waals surface area contributed by atoms with Crippen LogP contribution in [0.1, 0.15) is 6.92 Å². The molecule has 19 heavy (non-hydrogen) atoms. The summed E-state index contributed by atoms with van der Waals surface area (Å²) in [5.74, 6) is 0. The zero-order valence-electron chi connectivity index (χ0n) is 12.3. The highest BCUT2D eigenvalue weighted by Gasteiger charge is 2.41. The lowest BCUT2D eigenvalue weighted by atomic mass is 10.7. The van der Waals surface area contributed by atoms with Crippen LogP contribution in [0.15, 0.2) is 0 Å². The third kappa shape index (κ3) is 9.47. The van der Waals surface area contributed by atoms with E-state index in [2.05, 4.69) is 0 Å². The quantitative estimate of drug-likeness (QED) is 0.341. The largest absolute Gasteiger partial charge is 0.678 e. The van der Waals surface area contributed by atoms with Gasteiger partial charge in [0.25, 0.3) is 0 Å². The maximum Gasteiger partial charge on any atom is 0.678 e. The molecule has 0 heterocycles. The molecule has 7 nitrogen and oxygen atoms in total. The topological polar surface area (TPSA) is 64.6 Å². The molecule has 0 aliphatic heterocycles. The molecular weight excluding hydrogens is 272 g/mol. The summed E-state index contributed by atoms with van der Waals surface area (Å²) < 4.78 is 36.5. The Morgan fingerprint density at radius 3 is 1.47 bits per heavy atom. The average Bonchev–Trinajstić information content (AvgIpc) is 2.46. The number of ether oxygens (including phenoxy) is 3. The summed E-state index contributed by atoms with van der Waals surface area (Å²) in [5.41, 5.74) is 0. The van der Waals surface area contributed by atoms with E-state index < -0.39 is 9.05 Å². The molecule has 0 aromatic rings. The first-order valence-electron chi connectivity index (χ1n) is 6.27. The molecule has 0 saturated heterocycles. The van der Waals surface area contributed by atoms with Crippen molar-refractivity contribution in [3.05, 3.63) is 0 Å². The van der Waals surface area contributed by atoms with E-state index in [9.17, 15) is 0 Å². The Balaban J connectivity index is 3.35. The fraction of sp³-hybridized carbons (Fsp3) is 1.00. The second-order valence-electron chi connectivity index (χ2n) is 3.38. The van der Waals surface area contributed by atoms with Crippen LogP contribution in [0.2, 0.25) is 0 Å². The highest BCUT2D eigenvalue weighted by Crippen LogP contribution is 2.07. The van der Waals surface area contributed by atoms with E-state index in [-0.39, 0.29) is 0 Å². The molecule has 0 spiro atoms. The predicted molar refractivity (Wildman–Crippen MR) is 70.9 cm³/mol. The van der Waals surface area contributed by atoms with Crippen molar-refractivity contribution < 1.29 is 31.9 Å². The summed E-state index contributed by atoms with van der Waals surface area (Å²) in [4.78, 5) is 0. The Kier molecular flexibility index (Phi) is 12.9. The molecule has 0 saturated carbocycles. The highest BCUT2D eigenvalue weighted by atomic mass is 28.4. The minimum Gasteiger partial charge on any atom is -0.379 e. The van der Waals surface area contributed by atoms with Crippen molar-refractivity contribution in [2.75, 3.05) is 67.6 Å². The molecule has 0 aromatic carbocycles. The first kappa shape index (κ1) is 18.9. The number of hydrogen-bond acceptors (Lipinski definition) is 7.